The fourth-order valence-corrected chi connectivity index (χ4v) is 5.87. The number of aliphatic hydroxyl groups excluding tert-OH is 1. The molecular weight excluding hydrogens is 370 g/mol. The van der Waals surface area contributed by atoms with Crippen LogP contribution in [-0.2, 0) is 14.4 Å². The van der Waals surface area contributed by atoms with Crippen LogP contribution in [0, 0.1) is 29.6 Å². The molecule has 0 spiro atoms. The van der Waals surface area contributed by atoms with E-state index in [1.807, 2.05) is 4.90 Å². The minimum Gasteiger partial charge on any atom is -0.392 e. The van der Waals surface area contributed by atoms with Gasteiger partial charge in [-0.25, -0.2) is 5.48 Å². The van der Waals surface area contributed by atoms with Gasteiger partial charge in [-0.2, -0.15) is 0 Å². The number of carbonyl (C=O) groups excluding carboxylic acids is 2. The maximum absolute atomic E-state index is 12.8. The Morgan fingerprint density at radius 1 is 1.03 bits per heavy atom. The Morgan fingerprint density at radius 3 is 2.45 bits per heavy atom. The average molecular weight is 410 g/mol. The van der Waals surface area contributed by atoms with Crippen LogP contribution in [0.25, 0.3) is 0 Å². The summed E-state index contributed by atoms with van der Waals surface area (Å²) in [5.74, 6) is 1.88. The summed E-state index contributed by atoms with van der Waals surface area (Å²) in [4.78, 5) is 31.4. The van der Waals surface area contributed by atoms with Gasteiger partial charge in [0.2, 0.25) is 11.8 Å². The third-order valence-corrected chi connectivity index (χ3v) is 7.64. The number of hydrogen-bond acceptors (Lipinski definition) is 5. The lowest BCUT2D eigenvalue weighted by Crippen LogP contribution is -2.43. The number of likely N-dealkylation sites (tertiary alicyclic amines) is 1. The highest BCUT2D eigenvalue weighted by atomic mass is 16.6. The topological polar surface area (TPSA) is 105 Å². The number of nitrogens with two attached hydrogens (primary N) is 1. The molecule has 1 saturated heterocycles. The van der Waals surface area contributed by atoms with Gasteiger partial charge in [0.25, 0.3) is 0 Å². The van der Waals surface area contributed by atoms with Gasteiger partial charge < -0.3 is 15.7 Å². The fraction of sp³-hybridized carbons (Fsp3) is 0.909. The minimum atomic E-state index is -0.704. The van der Waals surface area contributed by atoms with Gasteiger partial charge in [-0.05, 0) is 75.2 Å². The van der Waals surface area contributed by atoms with E-state index in [9.17, 15) is 14.7 Å². The Morgan fingerprint density at radius 2 is 1.79 bits per heavy atom. The summed E-state index contributed by atoms with van der Waals surface area (Å²) in [6.45, 7) is 2.54. The molecule has 1 aliphatic heterocycles. The van der Waals surface area contributed by atoms with E-state index in [4.69, 9.17) is 5.73 Å². The van der Waals surface area contributed by atoms with Crippen LogP contribution >= 0.6 is 0 Å². The van der Waals surface area contributed by atoms with Crippen molar-refractivity contribution < 1.29 is 19.5 Å². The molecule has 3 rings (SSSR count). The van der Waals surface area contributed by atoms with Crippen molar-refractivity contribution in [1.82, 2.24) is 10.4 Å². The van der Waals surface area contributed by atoms with E-state index in [-0.39, 0.29) is 17.7 Å². The first-order valence-corrected chi connectivity index (χ1v) is 11.5. The van der Waals surface area contributed by atoms with E-state index in [0.717, 1.165) is 50.7 Å². The molecule has 2 aliphatic carbocycles. The molecule has 29 heavy (non-hydrogen) atoms. The molecule has 0 aromatic heterocycles. The Bertz CT molecular complexity index is 550. The molecule has 0 aromatic carbocycles. The molecule has 0 radical (unpaired) electrons. The van der Waals surface area contributed by atoms with E-state index in [2.05, 4.69) is 10.3 Å². The Kier molecular flexibility index (Phi) is 8.33. The van der Waals surface area contributed by atoms with Crippen LogP contribution in [0.15, 0.2) is 0 Å². The second-order valence-corrected chi connectivity index (χ2v) is 9.47. The molecule has 5 atom stereocenters. The quantitative estimate of drug-likeness (QED) is 0.581. The summed E-state index contributed by atoms with van der Waals surface area (Å²) in [7, 11) is 1.39. The van der Waals surface area contributed by atoms with Crippen molar-refractivity contribution in [2.75, 3.05) is 26.7 Å². The molecule has 3 aliphatic rings. The SMILES string of the molecule is CONC(=O)C1CCC(CC(=O)N2CCC(C3CCCC(CN)C3)CC2)CC1O. The Balaban J connectivity index is 1.40. The zero-order valence-electron chi connectivity index (χ0n) is 17.9. The smallest absolute Gasteiger partial charge is 0.249 e. The van der Waals surface area contributed by atoms with Crippen molar-refractivity contribution in [3.63, 3.8) is 0 Å². The van der Waals surface area contributed by atoms with Crippen molar-refractivity contribution in [2.24, 2.45) is 35.3 Å². The monoisotopic (exact) mass is 409 g/mol. The number of hydrogen-bond donors (Lipinski definition) is 3. The largest absolute Gasteiger partial charge is 0.392 e. The maximum Gasteiger partial charge on any atom is 0.249 e. The van der Waals surface area contributed by atoms with Crippen LogP contribution in [0.4, 0.5) is 0 Å². The molecule has 0 bridgehead atoms. The lowest BCUT2D eigenvalue weighted by Gasteiger charge is -2.40. The molecule has 3 fully saturated rings. The van der Waals surface area contributed by atoms with E-state index in [0.29, 0.717) is 25.2 Å². The van der Waals surface area contributed by atoms with Crippen LogP contribution in [0.3, 0.4) is 0 Å². The summed E-state index contributed by atoms with van der Waals surface area (Å²) in [5.41, 5.74) is 8.21. The molecule has 2 amide bonds. The van der Waals surface area contributed by atoms with E-state index >= 15 is 0 Å². The second kappa shape index (κ2) is 10.7. The first-order chi connectivity index (χ1) is 14.0. The van der Waals surface area contributed by atoms with E-state index in [1.54, 1.807) is 0 Å². The number of amides is 2. The molecule has 7 heteroatoms. The first kappa shape index (κ1) is 22.5. The zero-order valence-corrected chi connectivity index (χ0v) is 17.9. The third-order valence-electron chi connectivity index (χ3n) is 7.64. The zero-order chi connectivity index (χ0) is 20.8. The van der Waals surface area contributed by atoms with Crippen LogP contribution < -0.4 is 11.2 Å². The van der Waals surface area contributed by atoms with Gasteiger partial charge in [0.1, 0.15) is 0 Å². The summed E-state index contributed by atoms with van der Waals surface area (Å²) in [5, 5.41) is 10.3. The first-order valence-electron chi connectivity index (χ1n) is 11.5. The molecular formula is C22H39N3O4. The summed E-state index contributed by atoms with van der Waals surface area (Å²) in [6, 6.07) is 0. The van der Waals surface area contributed by atoms with Gasteiger partial charge >= 0.3 is 0 Å². The molecule has 7 nitrogen and oxygen atoms in total. The van der Waals surface area contributed by atoms with Crippen LogP contribution in [0.1, 0.15) is 64.2 Å². The van der Waals surface area contributed by atoms with Gasteiger partial charge in [0.15, 0.2) is 0 Å². The summed E-state index contributed by atoms with van der Waals surface area (Å²) >= 11 is 0. The van der Waals surface area contributed by atoms with Crippen molar-refractivity contribution >= 4 is 11.8 Å². The number of nitrogens with one attached hydrogen (secondary N) is 1. The molecule has 4 N–H and O–H groups in total. The van der Waals surface area contributed by atoms with Gasteiger partial charge in [0, 0.05) is 19.5 Å². The average Bonchev–Trinajstić information content (AvgIpc) is 2.74. The summed E-state index contributed by atoms with van der Waals surface area (Å²) < 4.78 is 0. The van der Waals surface area contributed by atoms with Crippen LogP contribution in [0.5, 0.6) is 0 Å². The van der Waals surface area contributed by atoms with Crippen molar-refractivity contribution in [3.8, 4) is 0 Å². The molecule has 5 unspecified atom stereocenters. The van der Waals surface area contributed by atoms with E-state index < -0.39 is 12.0 Å². The van der Waals surface area contributed by atoms with Crippen molar-refractivity contribution in [1.29, 1.82) is 0 Å². The maximum atomic E-state index is 12.8. The van der Waals surface area contributed by atoms with E-state index in [1.165, 1.54) is 32.8 Å². The van der Waals surface area contributed by atoms with Gasteiger partial charge in [-0.3, -0.25) is 14.4 Å². The minimum absolute atomic E-state index is 0.158. The number of carbonyl (C=O) groups is 2. The third kappa shape index (κ3) is 5.92. The van der Waals surface area contributed by atoms with Crippen LogP contribution in [0.2, 0.25) is 0 Å². The predicted molar refractivity (Wildman–Crippen MR) is 110 cm³/mol. The molecule has 0 aromatic rings. The number of piperidine rings is 1. The van der Waals surface area contributed by atoms with Crippen molar-refractivity contribution in [2.45, 2.75) is 70.3 Å². The fourth-order valence-electron chi connectivity index (χ4n) is 5.87. The number of aliphatic hydroxyl groups is 1. The lowest BCUT2D eigenvalue weighted by molar-refractivity contribution is -0.142. The van der Waals surface area contributed by atoms with Gasteiger partial charge in [-0.1, -0.05) is 12.8 Å². The van der Waals surface area contributed by atoms with Gasteiger partial charge in [0.05, 0.1) is 19.1 Å². The summed E-state index contributed by atoms with van der Waals surface area (Å²) in [6.07, 6.45) is 9.09. The highest BCUT2D eigenvalue weighted by Crippen LogP contribution is 2.38. The highest BCUT2D eigenvalue weighted by molar-refractivity contribution is 5.78. The van der Waals surface area contributed by atoms with Gasteiger partial charge in [-0.15, -0.1) is 0 Å². The normalized spacial score (nSPS) is 34.0. The molecule has 1 heterocycles. The Hall–Kier alpha value is -1.18. The number of nitrogens with zero attached hydrogens (tertiary/aromatic N) is 1. The standard InChI is InChI=1S/C22H39N3O4/c1-29-24-22(28)19-6-5-15(12-20(19)26)13-21(27)25-9-7-17(8-10-25)18-4-2-3-16(11-18)14-23/h15-20,26H,2-14,23H2,1H3,(H,24,28). The van der Waals surface area contributed by atoms with Crippen LogP contribution in [-0.4, -0.2) is 54.7 Å². The molecule has 166 valence electrons. The highest BCUT2D eigenvalue weighted by Gasteiger charge is 2.36. The number of rotatable bonds is 6. The molecule has 2 saturated carbocycles. The predicted octanol–water partition coefficient (Wildman–Crippen LogP) is 1.84. The van der Waals surface area contributed by atoms with Crippen molar-refractivity contribution in [3.05, 3.63) is 0 Å². The Labute approximate surface area is 174 Å². The number of hydroxylamine groups is 1. The lowest BCUT2D eigenvalue weighted by atomic mass is 9.72. The second-order valence-electron chi connectivity index (χ2n) is 9.47.